The Hall–Kier alpha value is -3.26. The number of aromatic nitrogens is 3. The average molecular weight is 436 g/mol. The van der Waals surface area contributed by atoms with Crippen molar-refractivity contribution < 1.29 is 4.79 Å². The summed E-state index contributed by atoms with van der Waals surface area (Å²) in [5.41, 5.74) is 1.47. The molecule has 1 fully saturated rings. The Labute approximate surface area is 186 Å². The molecular weight excluding hydrogens is 406 g/mol. The van der Waals surface area contributed by atoms with Crippen molar-refractivity contribution in [2.75, 3.05) is 26.2 Å². The Balaban J connectivity index is 1.52. The summed E-state index contributed by atoms with van der Waals surface area (Å²) in [6, 6.07) is 11.2. The number of hydrogen-bond acceptors (Lipinski definition) is 5. The summed E-state index contributed by atoms with van der Waals surface area (Å²) >= 11 is 0. The molecule has 0 radical (unpaired) electrons. The highest BCUT2D eigenvalue weighted by Crippen LogP contribution is 2.11. The predicted octanol–water partition coefficient (Wildman–Crippen LogP) is 1.52. The van der Waals surface area contributed by atoms with Gasteiger partial charge in [0.05, 0.1) is 12.1 Å². The first-order valence-corrected chi connectivity index (χ1v) is 11.2. The van der Waals surface area contributed by atoms with Gasteiger partial charge in [-0.1, -0.05) is 29.8 Å². The van der Waals surface area contributed by atoms with E-state index < -0.39 is 11.1 Å². The summed E-state index contributed by atoms with van der Waals surface area (Å²) in [4.78, 5) is 45.1. The monoisotopic (exact) mass is 435 g/mol. The predicted molar refractivity (Wildman–Crippen MR) is 124 cm³/mol. The molecule has 3 aromatic rings. The summed E-state index contributed by atoms with van der Waals surface area (Å²) in [5.74, 6) is -0.283. The van der Waals surface area contributed by atoms with Gasteiger partial charge >= 0.3 is 11.1 Å². The first-order valence-electron chi connectivity index (χ1n) is 11.2. The fourth-order valence-corrected chi connectivity index (χ4v) is 4.16. The second kappa shape index (κ2) is 9.91. The number of benzene rings is 1. The highest BCUT2D eigenvalue weighted by atomic mass is 16.2. The van der Waals surface area contributed by atoms with Gasteiger partial charge in [0.2, 0.25) is 5.91 Å². The van der Waals surface area contributed by atoms with Crippen LogP contribution in [0.4, 0.5) is 0 Å². The molecule has 1 aliphatic rings. The summed E-state index contributed by atoms with van der Waals surface area (Å²) in [6.07, 6.45) is 4.93. The number of hydrogen-bond donors (Lipinski definition) is 1. The van der Waals surface area contributed by atoms with Gasteiger partial charge in [-0.25, -0.2) is 4.98 Å². The van der Waals surface area contributed by atoms with Crippen molar-refractivity contribution in [2.24, 2.45) is 0 Å². The van der Waals surface area contributed by atoms with Gasteiger partial charge in [-0.2, -0.15) is 0 Å². The standard InChI is InChI=1S/C24H29N5O3/c1-18-7-9-19(10-8-18)16-29-22-20(6-4-11-26-22)28(23(31)24(29)32)17-21(30)25-12-5-15-27-13-2-3-14-27/h4,6-11H,2-3,5,12-17H2,1H3,(H,25,30). The quantitative estimate of drug-likeness (QED) is 0.428. The third-order valence-electron chi connectivity index (χ3n) is 5.92. The summed E-state index contributed by atoms with van der Waals surface area (Å²) in [7, 11) is 0. The number of likely N-dealkylation sites (tertiary alicyclic amines) is 1. The van der Waals surface area contributed by atoms with Crippen LogP contribution in [0.15, 0.2) is 52.2 Å². The molecule has 1 aromatic carbocycles. The molecule has 0 unspecified atom stereocenters. The highest BCUT2D eigenvalue weighted by molar-refractivity contribution is 5.78. The van der Waals surface area contributed by atoms with E-state index in [2.05, 4.69) is 15.2 Å². The minimum Gasteiger partial charge on any atom is -0.355 e. The molecule has 3 heterocycles. The Morgan fingerprint density at radius 1 is 1.03 bits per heavy atom. The van der Waals surface area contributed by atoms with Crippen molar-refractivity contribution in [3.63, 3.8) is 0 Å². The largest absolute Gasteiger partial charge is 0.355 e. The molecule has 8 heteroatoms. The van der Waals surface area contributed by atoms with Crippen molar-refractivity contribution in [3.8, 4) is 0 Å². The first kappa shape index (κ1) is 22.0. The van der Waals surface area contributed by atoms with Crippen molar-refractivity contribution in [1.82, 2.24) is 24.3 Å². The van der Waals surface area contributed by atoms with E-state index in [0.29, 0.717) is 17.7 Å². The van der Waals surface area contributed by atoms with E-state index in [1.165, 1.54) is 22.0 Å². The molecule has 168 valence electrons. The van der Waals surface area contributed by atoms with Crippen molar-refractivity contribution in [1.29, 1.82) is 0 Å². The van der Waals surface area contributed by atoms with Crippen LogP contribution >= 0.6 is 0 Å². The Morgan fingerprint density at radius 3 is 2.50 bits per heavy atom. The normalized spacial score (nSPS) is 14.2. The zero-order valence-electron chi connectivity index (χ0n) is 18.4. The van der Waals surface area contributed by atoms with E-state index in [-0.39, 0.29) is 19.0 Å². The van der Waals surface area contributed by atoms with Gasteiger partial charge in [0.1, 0.15) is 6.54 Å². The van der Waals surface area contributed by atoms with Gasteiger partial charge in [0, 0.05) is 12.7 Å². The molecular formula is C24H29N5O3. The molecule has 8 nitrogen and oxygen atoms in total. The van der Waals surface area contributed by atoms with Crippen LogP contribution in [0.3, 0.4) is 0 Å². The number of nitrogens with one attached hydrogen (secondary N) is 1. The van der Waals surface area contributed by atoms with Gasteiger partial charge in [-0.15, -0.1) is 0 Å². The zero-order valence-corrected chi connectivity index (χ0v) is 18.4. The highest BCUT2D eigenvalue weighted by Gasteiger charge is 2.16. The van der Waals surface area contributed by atoms with Crippen LogP contribution < -0.4 is 16.4 Å². The average Bonchev–Trinajstić information content (AvgIpc) is 3.32. The lowest BCUT2D eigenvalue weighted by Crippen LogP contribution is -2.44. The van der Waals surface area contributed by atoms with Gasteiger partial charge in [0.15, 0.2) is 5.65 Å². The number of carbonyl (C=O) groups is 1. The molecule has 1 aliphatic heterocycles. The van der Waals surface area contributed by atoms with E-state index in [4.69, 9.17) is 0 Å². The molecule has 0 atom stereocenters. The topological polar surface area (TPSA) is 89.2 Å². The van der Waals surface area contributed by atoms with E-state index in [1.54, 1.807) is 18.3 Å². The molecule has 0 aliphatic carbocycles. The van der Waals surface area contributed by atoms with Crippen LogP contribution in [0, 0.1) is 6.92 Å². The molecule has 32 heavy (non-hydrogen) atoms. The third-order valence-corrected chi connectivity index (χ3v) is 5.92. The van der Waals surface area contributed by atoms with E-state index in [0.717, 1.165) is 37.2 Å². The van der Waals surface area contributed by atoms with Crippen molar-refractivity contribution >= 4 is 17.1 Å². The third kappa shape index (κ3) is 4.96. The maximum atomic E-state index is 12.9. The lowest BCUT2D eigenvalue weighted by molar-refractivity contribution is -0.121. The van der Waals surface area contributed by atoms with Crippen LogP contribution in [0.25, 0.3) is 11.2 Å². The fourth-order valence-electron chi connectivity index (χ4n) is 4.16. The Morgan fingerprint density at radius 2 is 1.75 bits per heavy atom. The van der Waals surface area contributed by atoms with E-state index >= 15 is 0 Å². The van der Waals surface area contributed by atoms with Crippen LogP contribution in [-0.4, -0.2) is 51.1 Å². The second-order valence-electron chi connectivity index (χ2n) is 8.37. The van der Waals surface area contributed by atoms with E-state index in [1.807, 2.05) is 31.2 Å². The number of amides is 1. The molecule has 4 rings (SSSR count). The smallest absolute Gasteiger partial charge is 0.318 e. The number of rotatable bonds is 8. The van der Waals surface area contributed by atoms with Crippen molar-refractivity contribution in [3.05, 3.63) is 74.4 Å². The summed E-state index contributed by atoms with van der Waals surface area (Å²) < 4.78 is 2.61. The maximum absolute atomic E-state index is 12.9. The number of pyridine rings is 1. The van der Waals surface area contributed by atoms with Crippen LogP contribution in [0.5, 0.6) is 0 Å². The maximum Gasteiger partial charge on any atom is 0.318 e. The fraction of sp³-hybridized carbons (Fsp3) is 0.417. The summed E-state index contributed by atoms with van der Waals surface area (Å²) in [6.45, 7) is 5.79. The molecule has 0 spiro atoms. The Kier molecular flexibility index (Phi) is 6.80. The van der Waals surface area contributed by atoms with Crippen molar-refractivity contribution in [2.45, 2.75) is 39.3 Å². The Bertz CT molecular complexity index is 1210. The molecule has 1 amide bonds. The number of carbonyl (C=O) groups excluding carboxylic acids is 1. The van der Waals surface area contributed by atoms with Gasteiger partial charge in [0.25, 0.3) is 0 Å². The SMILES string of the molecule is Cc1ccc(Cn2c(=O)c(=O)n(CC(=O)NCCCN3CCCC3)c3cccnc32)cc1. The minimum atomic E-state index is -0.718. The molecule has 1 saturated heterocycles. The van der Waals surface area contributed by atoms with Gasteiger partial charge in [-0.3, -0.25) is 23.5 Å². The second-order valence-corrected chi connectivity index (χ2v) is 8.37. The molecule has 1 N–H and O–H groups in total. The molecule has 0 saturated carbocycles. The van der Waals surface area contributed by atoms with Crippen LogP contribution in [0.2, 0.25) is 0 Å². The number of nitrogens with zero attached hydrogens (tertiary/aromatic N) is 4. The van der Waals surface area contributed by atoms with Gasteiger partial charge in [-0.05, 0) is 63.5 Å². The minimum absolute atomic E-state index is 0.203. The van der Waals surface area contributed by atoms with Crippen LogP contribution in [0.1, 0.15) is 30.4 Å². The first-order chi connectivity index (χ1) is 15.5. The number of aryl methyl sites for hydroxylation is 1. The lowest BCUT2D eigenvalue weighted by atomic mass is 10.1. The summed E-state index contributed by atoms with van der Waals surface area (Å²) in [5, 5.41) is 2.87. The number of fused-ring (bicyclic) bond motifs is 1. The van der Waals surface area contributed by atoms with Crippen LogP contribution in [-0.2, 0) is 17.9 Å². The lowest BCUT2D eigenvalue weighted by Gasteiger charge is -2.15. The van der Waals surface area contributed by atoms with Gasteiger partial charge < -0.3 is 10.2 Å². The molecule has 2 aromatic heterocycles. The molecule has 0 bridgehead atoms. The zero-order chi connectivity index (χ0) is 22.5. The van der Waals surface area contributed by atoms with E-state index in [9.17, 15) is 14.4 Å².